The Morgan fingerprint density at radius 1 is 1.00 bits per heavy atom. The summed E-state index contributed by atoms with van der Waals surface area (Å²) >= 11 is 3.30. The number of ether oxygens (including phenoxy) is 3. The van der Waals surface area contributed by atoms with Crippen LogP contribution in [0, 0.1) is 0 Å². The number of fused-ring (bicyclic) bond motifs is 2. The first-order valence-corrected chi connectivity index (χ1v) is 14.4. The van der Waals surface area contributed by atoms with Crippen LogP contribution < -0.4 is 19.7 Å². The fourth-order valence-corrected chi connectivity index (χ4v) is 7.00. The summed E-state index contributed by atoms with van der Waals surface area (Å²) in [6.45, 7) is 3.36. The third-order valence-corrected chi connectivity index (χ3v) is 9.19. The van der Waals surface area contributed by atoms with Crippen molar-refractivity contribution in [3.63, 3.8) is 0 Å². The minimum Gasteiger partial charge on any atom is -0.497 e. The van der Waals surface area contributed by atoms with Gasteiger partial charge < -0.3 is 24.2 Å². The lowest BCUT2D eigenvalue weighted by atomic mass is 10.1. The van der Waals surface area contributed by atoms with Gasteiger partial charge in [0.25, 0.3) is 0 Å². The Kier molecular flexibility index (Phi) is 7.72. The minimum absolute atomic E-state index is 0.389. The number of anilines is 2. The van der Waals surface area contributed by atoms with Crippen LogP contribution in [0.3, 0.4) is 0 Å². The highest BCUT2D eigenvalue weighted by Gasteiger charge is 2.23. The number of carboxylic acid groups (broad SMARTS) is 1. The number of hydrogen-bond acceptors (Lipinski definition) is 8. The quantitative estimate of drug-likeness (QED) is 0.216. The van der Waals surface area contributed by atoms with Gasteiger partial charge >= 0.3 is 6.09 Å². The molecule has 0 aliphatic carbocycles. The molecule has 1 amide bonds. The molecule has 0 radical (unpaired) electrons. The first kappa shape index (κ1) is 26.4. The maximum atomic E-state index is 11.1. The molecule has 3 heterocycles. The van der Waals surface area contributed by atoms with E-state index in [2.05, 4.69) is 28.4 Å². The topological polar surface area (TPSA) is 93.2 Å². The second-order valence-corrected chi connectivity index (χ2v) is 11.3. The zero-order valence-corrected chi connectivity index (χ0v) is 23.4. The van der Waals surface area contributed by atoms with Crippen molar-refractivity contribution >= 4 is 41.0 Å². The number of nitrogens with zero attached hydrogens (tertiary/aromatic N) is 2. The molecule has 0 unspecified atom stereocenters. The molecule has 4 aromatic rings. The molecule has 0 saturated carbocycles. The molecule has 8 nitrogen and oxygen atoms in total. The molecule has 0 atom stereocenters. The molecular formula is C30H27N3O5S2. The van der Waals surface area contributed by atoms with E-state index in [4.69, 9.17) is 24.3 Å². The van der Waals surface area contributed by atoms with Crippen LogP contribution in [0.15, 0.2) is 92.4 Å². The molecule has 2 aliphatic rings. The van der Waals surface area contributed by atoms with Crippen molar-refractivity contribution in [3.8, 4) is 22.9 Å². The van der Waals surface area contributed by atoms with Gasteiger partial charge in [0, 0.05) is 55.7 Å². The van der Waals surface area contributed by atoms with Crippen LogP contribution in [0.5, 0.6) is 11.6 Å². The van der Waals surface area contributed by atoms with Crippen LogP contribution in [0.25, 0.3) is 11.3 Å². The van der Waals surface area contributed by atoms with Crippen LogP contribution in [0.4, 0.5) is 16.2 Å². The lowest BCUT2D eigenvalue weighted by Crippen LogP contribution is -2.36. The van der Waals surface area contributed by atoms with Gasteiger partial charge in [-0.05, 0) is 48.0 Å². The number of methoxy groups -OCH3 is 1. The van der Waals surface area contributed by atoms with Crippen molar-refractivity contribution in [2.45, 2.75) is 26.2 Å². The predicted molar refractivity (Wildman–Crippen MR) is 156 cm³/mol. The summed E-state index contributed by atoms with van der Waals surface area (Å²) in [5.41, 5.74) is 4.49. The van der Waals surface area contributed by atoms with Gasteiger partial charge in [0.15, 0.2) is 0 Å². The van der Waals surface area contributed by atoms with Crippen LogP contribution in [-0.2, 0) is 11.3 Å². The van der Waals surface area contributed by atoms with Gasteiger partial charge in [-0.2, -0.15) is 0 Å². The number of hydrogen-bond donors (Lipinski definition) is 2. The Labute approximate surface area is 240 Å². The fraction of sp³-hybridized carbons (Fsp3) is 0.200. The average molecular weight is 574 g/mol. The van der Waals surface area contributed by atoms with E-state index in [9.17, 15) is 4.79 Å². The summed E-state index contributed by atoms with van der Waals surface area (Å²) < 4.78 is 17.1. The maximum absolute atomic E-state index is 11.1. The average Bonchev–Trinajstić information content (AvgIpc) is 2.99. The highest BCUT2D eigenvalue weighted by molar-refractivity contribution is 8.05. The molecule has 6 rings (SSSR count). The standard InChI is InChI=1S/C30H27N3O5S2/c1-36-22-8-5-19(6-9-22)18-38-28-17-21(33-11-13-37-14-12-33)16-24(32-28)23-3-2-4-26-29(23)40-25-10-7-20(31-30(34)35)15-27(25)39-26/h2-10,15-17,31H,11-14,18H2,1H3,(H,34,35). The predicted octanol–water partition coefficient (Wildman–Crippen LogP) is 6.88. The molecule has 1 fully saturated rings. The Morgan fingerprint density at radius 2 is 1.82 bits per heavy atom. The van der Waals surface area contributed by atoms with Gasteiger partial charge in [-0.15, -0.1) is 0 Å². The van der Waals surface area contributed by atoms with Gasteiger partial charge in [0.05, 0.1) is 26.0 Å². The van der Waals surface area contributed by atoms with Gasteiger partial charge in [0.2, 0.25) is 5.88 Å². The second-order valence-electron chi connectivity index (χ2n) is 9.21. The molecule has 40 heavy (non-hydrogen) atoms. The third-order valence-electron chi connectivity index (χ3n) is 6.59. The number of aromatic nitrogens is 1. The Balaban J connectivity index is 1.33. The number of morpholine rings is 1. The Hall–Kier alpha value is -3.86. The fourth-order valence-electron chi connectivity index (χ4n) is 4.59. The van der Waals surface area contributed by atoms with E-state index in [1.807, 2.05) is 48.5 Å². The van der Waals surface area contributed by atoms with Crippen molar-refractivity contribution < 1.29 is 24.1 Å². The molecule has 1 aromatic heterocycles. The van der Waals surface area contributed by atoms with Crippen molar-refractivity contribution in [2.24, 2.45) is 0 Å². The maximum Gasteiger partial charge on any atom is 0.409 e. The SMILES string of the molecule is COc1ccc(COc2cc(N3CCOCC3)cc(-c3cccc4c3Sc3ccc(NC(=O)O)cc3S4)n2)cc1. The van der Waals surface area contributed by atoms with Crippen molar-refractivity contribution in [1.29, 1.82) is 0 Å². The Bertz CT molecular complexity index is 1540. The van der Waals surface area contributed by atoms with Crippen LogP contribution in [-0.4, -0.2) is 49.6 Å². The van der Waals surface area contributed by atoms with E-state index in [0.29, 0.717) is 31.4 Å². The summed E-state index contributed by atoms with van der Waals surface area (Å²) in [5.74, 6) is 1.37. The molecule has 2 N–H and O–H groups in total. The van der Waals surface area contributed by atoms with Crippen molar-refractivity contribution in [3.05, 3.63) is 78.4 Å². The van der Waals surface area contributed by atoms with Gasteiger partial charge in [0.1, 0.15) is 12.4 Å². The number of carbonyl (C=O) groups is 1. The third kappa shape index (κ3) is 5.84. The van der Waals surface area contributed by atoms with E-state index in [-0.39, 0.29) is 0 Å². The summed E-state index contributed by atoms with van der Waals surface area (Å²) in [4.78, 5) is 22.7. The van der Waals surface area contributed by atoms with Crippen LogP contribution in [0.1, 0.15) is 5.56 Å². The summed E-state index contributed by atoms with van der Waals surface area (Å²) in [7, 11) is 1.65. The van der Waals surface area contributed by atoms with Crippen LogP contribution >= 0.6 is 23.5 Å². The van der Waals surface area contributed by atoms with E-state index >= 15 is 0 Å². The molecule has 0 bridgehead atoms. The van der Waals surface area contributed by atoms with Gasteiger partial charge in [-0.1, -0.05) is 47.8 Å². The first-order valence-electron chi connectivity index (χ1n) is 12.8. The number of rotatable bonds is 7. The van der Waals surface area contributed by atoms with Crippen LogP contribution in [0.2, 0.25) is 0 Å². The van der Waals surface area contributed by atoms with Crippen molar-refractivity contribution in [1.82, 2.24) is 4.98 Å². The summed E-state index contributed by atoms with van der Waals surface area (Å²) in [5, 5.41) is 11.5. The summed E-state index contributed by atoms with van der Waals surface area (Å²) in [6, 6.07) is 23.8. The highest BCUT2D eigenvalue weighted by Crippen LogP contribution is 2.52. The number of pyridine rings is 1. The Morgan fingerprint density at radius 3 is 2.60 bits per heavy atom. The lowest BCUT2D eigenvalue weighted by molar-refractivity contribution is 0.122. The van der Waals surface area contributed by atoms with Crippen molar-refractivity contribution in [2.75, 3.05) is 43.6 Å². The minimum atomic E-state index is -1.08. The zero-order valence-electron chi connectivity index (χ0n) is 21.8. The molecule has 0 spiro atoms. The molecule has 1 saturated heterocycles. The molecule has 3 aromatic carbocycles. The molecule has 2 aliphatic heterocycles. The first-order chi connectivity index (χ1) is 19.6. The summed E-state index contributed by atoms with van der Waals surface area (Å²) in [6.07, 6.45) is -1.08. The molecular weight excluding hydrogens is 546 g/mol. The molecule has 204 valence electrons. The normalized spacial score (nSPS) is 14.2. The zero-order chi connectivity index (χ0) is 27.5. The highest BCUT2D eigenvalue weighted by atomic mass is 32.2. The van der Waals surface area contributed by atoms with E-state index in [0.717, 1.165) is 60.9 Å². The van der Waals surface area contributed by atoms with Gasteiger partial charge in [-0.25, -0.2) is 9.78 Å². The molecule has 10 heteroatoms. The van der Waals surface area contributed by atoms with E-state index in [1.54, 1.807) is 36.7 Å². The smallest absolute Gasteiger partial charge is 0.409 e. The van der Waals surface area contributed by atoms with Gasteiger partial charge in [-0.3, -0.25) is 5.32 Å². The largest absolute Gasteiger partial charge is 0.497 e. The number of benzene rings is 3. The van der Waals surface area contributed by atoms with E-state index in [1.165, 1.54) is 0 Å². The second kappa shape index (κ2) is 11.7. The monoisotopic (exact) mass is 573 g/mol. The number of nitrogens with one attached hydrogen (secondary N) is 1. The van der Waals surface area contributed by atoms with E-state index < -0.39 is 6.09 Å². The number of amides is 1. The lowest BCUT2D eigenvalue weighted by Gasteiger charge is -2.29.